The fourth-order valence-electron chi connectivity index (χ4n) is 1.46. The van der Waals surface area contributed by atoms with Gasteiger partial charge in [0.05, 0.1) is 24.5 Å². The summed E-state index contributed by atoms with van der Waals surface area (Å²) in [5.74, 6) is 0.653. The van der Waals surface area contributed by atoms with Crippen LogP contribution in [0.3, 0.4) is 0 Å². The Hall–Kier alpha value is -1.62. The van der Waals surface area contributed by atoms with E-state index in [1.807, 2.05) is 30.6 Å². The number of aromatic nitrogens is 2. The van der Waals surface area contributed by atoms with Crippen LogP contribution in [-0.4, -0.2) is 16.6 Å². The van der Waals surface area contributed by atoms with Crippen LogP contribution in [0.2, 0.25) is 0 Å². The molecule has 17 heavy (non-hydrogen) atoms. The minimum absolute atomic E-state index is 0.190. The minimum Gasteiger partial charge on any atom is -0.478 e. The van der Waals surface area contributed by atoms with Crippen molar-refractivity contribution in [3.8, 4) is 5.88 Å². The van der Waals surface area contributed by atoms with Gasteiger partial charge in [0.25, 0.3) is 0 Å². The van der Waals surface area contributed by atoms with E-state index in [4.69, 9.17) is 4.74 Å². The lowest BCUT2D eigenvalue weighted by Gasteiger charge is -2.12. The van der Waals surface area contributed by atoms with Crippen LogP contribution in [0, 0.1) is 0 Å². The van der Waals surface area contributed by atoms with Crippen LogP contribution in [0.15, 0.2) is 29.9 Å². The number of thiazole rings is 1. The molecular weight excluding hydrogens is 234 g/mol. The van der Waals surface area contributed by atoms with Crippen molar-refractivity contribution in [1.82, 2.24) is 9.97 Å². The normalized spacial score (nSPS) is 12.1. The molecule has 0 aliphatic heterocycles. The van der Waals surface area contributed by atoms with Crippen LogP contribution >= 0.6 is 11.3 Å². The predicted molar refractivity (Wildman–Crippen MR) is 69.6 cm³/mol. The first-order chi connectivity index (χ1) is 8.29. The van der Waals surface area contributed by atoms with E-state index in [-0.39, 0.29) is 6.04 Å². The number of pyridine rings is 1. The van der Waals surface area contributed by atoms with E-state index in [0.717, 1.165) is 10.7 Å². The van der Waals surface area contributed by atoms with Gasteiger partial charge in [0.15, 0.2) is 0 Å². The van der Waals surface area contributed by atoms with Crippen molar-refractivity contribution in [3.05, 3.63) is 34.9 Å². The third-order valence-electron chi connectivity index (χ3n) is 2.23. The largest absolute Gasteiger partial charge is 0.478 e. The van der Waals surface area contributed by atoms with Gasteiger partial charge in [-0.3, -0.25) is 0 Å². The van der Waals surface area contributed by atoms with E-state index in [2.05, 4.69) is 22.2 Å². The van der Waals surface area contributed by atoms with E-state index in [0.29, 0.717) is 12.5 Å². The molecule has 2 rings (SSSR count). The fourth-order valence-corrected chi connectivity index (χ4v) is 2.10. The van der Waals surface area contributed by atoms with Crippen molar-refractivity contribution in [3.63, 3.8) is 0 Å². The monoisotopic (exact) mass is 249 g/mol. The van der Waals surface area contributed by atoms with Gasteiger partial charge >= 0.3 is 0 Å². The number of hydrogen-bond donors (Lipinski definition) is 1. The summed E-state index contributed by atoms with van der Waals surface area (Å²) < 4.78 is 5.29. The second kappa shape index (κ2) is 5.63. The molecule has 0 fully saturated rings. The van der Waals surface area contributed by atoms with E-state index in [1.54, 1.807) is 17.5 Å². The van der Waals surface area contributed by atoms with Crippen molar-refractivity contribution < 1.29 is 4.74 Å². The van der Waals surface area contributed by atoms with E-state index in [9.17, 15) is 0 Å². The van der Waals surface area contributed by atoms with E-state index < -0.39 is 0 Å². The molecule has 1 atom stereocenters. The maximum absolute atomic E-state index is 5.29. The Balaban J connectivity index is 1.99. The lowest BCUT2D eigenvalue weighted by Crippen LogP contribution is -2.06. The molecule has 0 aromatic carbocycles. The summed E-state index contributed by atoms with van der Waals surface area (Å²) in [7, 11) is 0. The summed E-state index contributed by atoms with van der Waals surface area (Å²) >= 11 is 1.64. The Morgan fingerprint density at radius 1 is 1.41 bits per heavy atom. The van der Waals surface area contributed by atoms with Gasteiger partial charge in [-0.1, -0.05) is 0 Å². The lowest BCUT2D eigenvalue weighted by atomic mass is 10.3. The van der Waals surface area contributed by atoms with Gasteiger partial charge in [-0.15, -0.1) is 11.3 Å². The van der Waals surface area contributed by atoms with E-state index in [1.165, 1.54) is 0 Å². The van der Waals surface area contributed by atoms with Crippen LogP contribution in [-0.2, 0) is 0 Å². The highest BCUT2D eigenvalue weighted by Gasteiger charge is 2.07. The number of nitrogens with zero attached hydrogens (tertiary/aromatic N) is 2. The maximum atomic E-state index is 5.29. The molecule has 0 saturated carbocycles. The number of anilines is 1. The molecule has 0 amide bonds. The second-order valence-corrected chi connectivity index (χ2v) is 4.48. The molecular formula is C12H15N3OS. The summed E-state index contributed by atoms with van der Waals surface area (Å²) in [6.45, 7) is 4.66. The van der Waals surface area contributed by atoms with Crippen molar-refractivity contribution >= 4 is 17.0 Å². The van der Waals surface area contributed by atoms with Crippen LogP contribution in [0.4, 0.5) is 5.69 Å². The quantitative estimate of drug-likeness (QED) is 0.884. The topological polar surface area (TPSA) is 47.0 Å². The fraction of sp³-hybridized carbons (Fsp3) is 0.333. The zero-order valence-electron chi connectivity index (χ0n) is 9.88. The van der Waals surface area contributed by atoms with Gasteiger partial charge in [-0.05, 0) is 19.9 Å². The summed E-state index contributed by atoms with van der Waals surface area (Å²) in [5.41, 5.74) is 0.969. The van der Waals surface area contributed by atoms with Crippen LogP contribution in [0.1, 0.15) is 24.9 Å². The third-order valence-corrected chi connectivity index (χ3v) is 3.19. The standard InChI is InChI=1S/C12H15N3OS/c1-3-16-11-5-4-10(8-14-11)15-9(2)12-13-6-7-17-12/h4-9,15H,3H2,1-2H3. The molecule has 0 saturated heterocycles. The SMILES string of the molecule is CCOc1ccc(NC(C)c2nccs2)cn1. The highest BCUT2D eigenvalue weighted by Crippen LogP contribution is 2.21. The van der Waals surface area contributed by atoms with Gasteiger partial charge in [-0.25, -0.2) is 9.97 Å². The molecule has 0 aliphatic rings. The summed E-state index contributed by atoms with van der Waals surface area (Å²) in [5, 5.41) is 6.39. The molecule has 0 aliphatic carbocycles. The molecule has 2 heterocycles. The Kier molecular flexibility index (Phi) is 3.93. The molecule has 1 unspecified atom stereocenters. The van der Waals surface area contributed by atoms with E-state index >= 15 is 0 Å². The lowest BCUT2D eigenvalue weighted by molar-refractivity contribution is 0.327. The predicted octanol–water partition coefficient (Wildman–Crippen LogP) is 3.11. The second-order valence-electron chi connectivity index (χ2n) is 3.55. The molecule has 4 nitrogen and oxygen atoms in total. The Morgan fingerprint density at radius 2 is 2.29 bits per heavy atom. The molecule has 0 bridgehead atoms. The summed E-state index contributed by atoms with van der Waals surface area (Å²) in [4.78, 5) is 8.47. The molecule has 0 radical (unpaired) electrons. The average Bonchev–Trinajstić information content (AvgIpc) is 2.86. The summed E-state index contributed by atoms with van der Waals surface area (Å²) in [6, 6.07) is 4.01. The van der Waals surface area contributed by atoms with Gasteiger partial charge in [0.2, 0.25) is 5.88 Å². The number of rotatable bonds is 5. The highest BCUT2D eigenvalue weighted by molar-refractivity contribution is 7.09. The first kappa shape index (κ1) is 11.9. The molecule has 0 spiro atoms. The molecule has 2 aromatic rings. The van der Waals surface area contributed by atoms with Crippen LogP contribution in [0.25, 0.3) is 0 Å². The Labute approximate surface area is 105 Å². The highest BCUT2D eigenvalue weighted by atomic mass is 32.1. The third kappa shape index (κ3) is 3.17. The van der Waals surface area contributed by atoms with Crippen LogP contribution in [0.5, 0.6) is 5.88 Å². The maximum Gasteiger partial charge on any atom is 0.213 e. The minimum atomic E-state index is 0.190. The van der Waals surface area contributed by atoms with Crippen molar-refractivity contribution in [2.45, 2.75) is 19.9 Å². The number of hydrogen-bond acceptors (Lipinski definition) is 5. The number of ether oxygens (including phenoxy) is 1. The van der Waals surface area contributed by atoms with Crippen molar-refractivity contribution in [1.29, 1.82) is 0 Å². The van der Waals surface area contributed by atoms with Crippen molar-refractivity contribution in [2.24, 2.45) is 0 Å². The van der Waals surface area contributed by atoms with Crippen molar-refractivity contribution in [2.75, 3.05) is 11.9 Å². The molecule has 2 aromatic heterocycles. The number of nitrogens with one attached hydrogen (secondary N) is 1. The molecule has 1 N–H and O–H groups in total. The first-order valence-electron chi connectivity index (χ1n) is 5.54. The average molecular weight is 249 g/mol. The Bertz CT molecular complexity index is 441. The molecule has 90 valence electrons. The van der Waals surface area contributed by atoms with Gasteiger partial charge in [0.1, 0.15) is 5.01 Å². The van der Waals surface area contributed by atoms with Gasteiger partial charge in [-0.2, -0.15) is 0 Å². The van der Waals surface area contributed by atoms with Crippen LogP contribution < -0.4 is 10.1 Å². The smallest absolute Gasteiger partial charge is 0.213 e. The zero-order chi connectivity index (χ0) is 12.1. The first-order valence-corrected chi connectivity index (χ1v) is 6.42. The van der Waals surface area contributed by atoms with Gasteiger partial charge < -0.3 is 10.1 Å². The van der Waals surface area contributed by atoms with Gasteiger partial charge in [0, 0.05) is 17.6 Å². The summed E-state index contributed by atoms with van der Waals surface area (Å²) in [6.07, 6.45) is 3.59. The zero-order valence-corrected chi connectivity index (χ0v) is 10.7. The Morgan fingerprint density at radius 3 is 2.88 bits per heavy atom. The molecule has 5 heteroatoms.